The number of hydrogen-bond acceptors (Lipinski definition) is 6. The number of amides is 1. The third-order valence-electron chi connectivity index (χ3n) is 4.69. The molecule has 134 valence electrons. The highest BCUT2D eigenvalue weighted by molar-refractivity contribution is 5.86. The van der Waals surface area contributed by atoms with E-state index < -0.39 is 11.6 Å². The van der Waals surface area contributed by atoms with Gasteiger partial charge in [0.05, 0.1) is 12.6 Å². The van der Waals surface area contributed by atoms with Gasteiger partial charge in [-0.15, -0.1) is 0 Å². The average molecular weight is 344 g/mol. The van der Waals surface area contributed by atoms with Crippen molar-refractivity contribution in [2.75, 3.05) is 7.11 Å². The van der Waals surface area contributed by atoms with Crippen molar-refractivity contribution in [1.29, 1.82) is 0 Å². The van der Waals surface area contributed by atoms with Crippen LogP contribution < -0.4 is 15.8 Å². The highest BCUT2D eigenvalue weighted by Gasteiger charge is 2.36. The Morgan fingerprint density at radius 1 is 1.36 bits per heavy atom. The maximum absolute atomic E-state index is 12.5. The highest BCUT2D eigenvalue weighted by Crippen LogP contribution is 2.27. The van der Waals surface area contributed by atoms with E-state index in [-0.39, 0.29) is 5.91 Å². The van der Waals surface area contributed by atoms with Crippen molar-refractivity contribution >= 4 is 5.91 Å². The monoisotopic (exact) mass is 344 g/mol. The molecule has 3 N–H and O–H groups in total. The van der Waals surface area contributed by atoms with Gasteiger partial charge < -0.3 is 20.3 Å². The molecular weight excluding hydrogens is 320 g/mol. The molecule has 25 heavy (non-hydrogen) atoms. The molecule has 7 nitrogen and oxygen atoms in total. The first-order valence-electron chi connectivity index (χ1n) is 8.60. The van der Waals surface area contributed by atoms with Gasteiger partial charge in [0.1, 0.15) is 11.8 Å². The van der Waals surface area contributed by atoms with Gasteiger partial charge in [-0.3, -0.25) is 4.79 Å². The molecule has 1 amide bonds. The Bertz CT molecular complexity index is 737. The Balaban J connectivity index is 1.70. The van der Waals surface area contributed by atoms with E-state index in [9.17, 15) is 4.79 Å². The summed E-state index contributed by atoms with van der Waals surface area (Å²) in [4.78, 5) is 16.9. The fourth-order valence-electron chi connectivity index (χ4n) is 3.10. The molecule has 0 saturated heterocycles. The second kappa shape index (κ2) is 7.23. The summed E-state index contributed by atoms with van der Waals surface area (Å²) in [6.07, 6.45) is 4.53. The third kappa shape index (κ3) is 3.82. The topological polar surface area (TPSA) is 103 Å². The summed E-state index contributed by atoms with van der Waals surface area (Å²) in [5.74, 6) is 1.37. The lowest BCUT2D eigenvalue weighted by Crippen LogP contribution is -2.55. The van der Waals surface area contributed by atoms with Crippen LogP contribution in [0.4, 0.5) is 0 Å². The van der Waals surface area contributed by atoms with Crippen molar-refractivity contribution in [3.63, 3.8) is 0 Å². The van der Waals surface area contributed by atoms with Crippen LogP contribution in [0.15, 0.2) is 28.8 Å². The van der Waals surface area contributed by atoms with Crippen LogP contribution in [-0.4, -0.2) is 28.7 Å². The second-order valence-corrected chi connectivity index (χ2v) is 6.60. The number of methoxy groups -OCH3 is 1. The van der Waals surface area contributed by atoms with E-state index in [1.165, 1.54) is 0 Å². The van der Waals surface area contributed by atoms with Crippen LogP contribution in [0.3, 0.4) is 0 Å². The molecule has 0 aliphatic heterocycles. The van der Waals surface area contributed by atoms with Crippen LogP contribution in [0.25, 0.3) is 11.4 Å². The second-order valence-electron chi connectivity index (χ2n) is 6.60. The number of carbonyl (C=O) groups is 1. The Kier molecular flexibility index (Phi) is 5.03. The number of ether oxygens (including phenoxy) is 1. The summed E-state index contributed by atoms with van der Waals surface area (Å²) in [5.41, 5.74) is 6.26. The summed E-state index contributed by atoms with van der Waals surface area (Å²) < 4.78 is 10.5. The van der Waals surface area contributed by atoms with E-state index in [1.807, 2.05) is 31.2 Å². The molecule has 1 aromatic heterocycles. The number of nitrogens with one attached hydrogen (secondary N) is 1. The molecule has 7 heteroatoms. The number of nitrogens with two attached hydrogens (primary N) is 1. The molecule has 1 fully saturated rings. The Hall–Kier alpha value is -2.41. The number of carbonyl (C=O) groups excluding carboxylic acids is 1. The Labute approximate surface area is 146 Å². The summed E-state index contributed by atoms with van der Waals surface area (Å²) in [7, 11) is 1.60. The smallest absolute Gasteiger partial charge is 0.249 e. The van der Waals surface area contributed by atoms with Gasteiger partial charge in [-0.2, -0.15) is 4.98 Å². The van der Waals surface area contributed by atoms with Gasteiger partial charge >= 0.3 is 0 Å². The van der Waals surface area contributed by atoms with Gasteiger partial charge in [0.15, 0.2) is 0 Å². The number of rotatable bonds is 5. The average Bonchev–Trinajstić information content (AvgIpc) is 3.12. The fraction of sp³-hybridized carbons (Fsp3) is 0.500. The van der Waals surface area contributed by atoms with Crippen molar-refractivity contribution in [3.05, 3.63) is 30.2 Å². The largest absolute Gasteiger partial charge is 0.497 e. The predicted octanol–water partition coefficient (Wildman–Crippen LogP) is 2.58. The Morgan fingerprint density at radius 3 is 2.84 bits per heavy atom. The van der Waals surface area contributed by atoms with Gasteiger partial charge in [-0.25, -0.2) is 0 Å². The molecule has 1 saturated carbocycles. The highest BCUT2D eigenvalue weighted by atomic mass is 16.5. The van der Waals surface area contributed by atoms with Gasteiger partial charge in [-0.1, -0.05) is 36.6 Å². The first-order valence-corrected chi connectivity index (χ1v) is 8.60. The van der Waals surface area contributed by atoms with Crippen LogP contribution >= 0.6 is 0 Å². The number of nitrogens with zero attached hydrogens (tertiary/aromatic N) is 2. The van der Waals surface area contributed by atoms with E-state index in [0.29, 0.717) is 30.3 Å². The first kappa shape index (κ1) is 17.4. The quantitative estimate of drug-likeness (QED) is 0.864. The minimum Gasteiger partial charge on any atom is -0.497 e. The lowest BCUT2D eigenvalue weighted by Gasteiger charge is -2.32. The summed E-state index contributed by atoms with van der Waals surface area (Å²) >= 11 is 0. The van der Waals surface area contributed by atoms with Gasteiger partial charge in [0, 0.05) is 5.56 Å². The summed E-state index contributed by atoms with van der Waals surface area (Å²) in [5, 5.41) is 6.90. The van der Waals surface area contributed by atoms with Crippen LogP contribution in [0.5, 0.6) is 5.75 Å². The van der Waals surface area contributed by atoms with Crippen LogP contribution in [0, 0.1) is 0 Å². The number of benzene rings is 1. The van der Waals surface area contributed by atoms with E-state index in [2.05, 4.69) is 15.5 Å². The maximum Gasteiger partial charge on any atom is 0.249 e. The predicted molar refractivity (Wildman–Crippen MR) is 92.8 cm³/mol. The number of hydrogen-bond donors (Lipinski definition) is 2. The molecule has 1 aliphatic carbocycles. The zero-order valence-electron chi connectivity index (χ0n) is 14.6. The molecular formula is C18H24N4O3. The third-order valence-corrected chi connectivity index (χ3v) is 4.69. The number of aromatic nitrogens is 2. The molecule has 0 spiro atoms. The lowest BCUT2D eigenvalue weighted by molar-refractivity contribution is -0.128. The maximum atomic E-state index is 12.5. The van der Waals surface area contributed by atoms with Crippen molar-refractivity contribution in [2.45, 2.75) is 50.6 Å². The summed E-state index contributed by atoms with van der Waals surface area (Å²) in [6.45, 7) is 1.81. The molecule has 0 bridgehead atoms. The van der Waals surface area contributed by atoms with E-state index in [1.54, 1.807) is 7.11 Å². The normalized spacial score (nSPS) is 17.7. The van der Waals surface area contributed by atoms with Crippen molar-refractivity contribution in [3.8, 4) is 17.1 Å². The minimum atomic E-state index is -0.790. The molecule has 1 atom stereocenters. The Morgan fingerprint density at radius 2 is 2.12 bits per heavy atom. The van der Waals surface area contributed by atoms with Crippen molar-refractivity contribution in [2.24, 2.45) is 5.73 Å². The lowest BCUT2D eigenvalue weighted by atomic mass is 9.82. The zero-order valence-corrected chi connectivity index (χ0v) is 14.6. The first-order chi connectivity index (χ1) is 12.0. The molecule has 1 unspecified atom stereocenters. The van der Waals surface area contributed by atoms with E-state index in [0.717, 1.165) is 24.8 Å². The summed E-state index contributed by atoms with van der Waals surface area (Å²) in [6, 6.07) is 7.00. The molecule has 0 radical (unpaired) electrons. The molecule has 1 aromatic carbocycles. The van der Waals surface area contributed by atoms with Gasteiger partial charge in [0.2, 0.25) is 17.6 Å². The molecule has 3 rings (SSSR count). The van der Waals surface area contributed by atoms with Gasteiger partial charge in [-0.05, 0) is 31.9 Å². The van der Waals surface area contributed by atoms with Crippen molar-refractivity contribution < 1.29 is 14.1 Å². The molecule has 1 aliphatic rings. The van der Waals surface area contributed by atoms with Crippen molar-refractivity contribution in [1.82, 2.24) is 15.5 Å². The van der Waals surface area contributed by atoms with Gasteiger partial charge in [0.25, 0.3) is 0 Å². The molecule has 1 heterocycles. The molecule has 2 aromatic rings. The zero-order chi connectivity index (χ0) is 17.9. The fourth-order valence-corrected chi connectivity index (χ4v) is 3.10. The van der Waals surface area contributed by atoms with E-state index >= 15 is 0 Å². The van der Waals surface area contributed by atoms with Crippen LogP contribution in [0.1, 0.15) is 51.0 Å². The SMILES string of the molecule is COc1cccc(-c2noc(C(C)NC(=O)C3(N)CCCCC3)n2)c1. The van der Waals surface area contributed by atoms with Crippen LogP contribution in [0.2, 0.25) is 0 Å². The minimum absolute atomic E-state index is 0.152. The van der Waals surface area contributed by atoms with E-state index in [4.69, 9.17) is 15.0 Å². The van der Waals surface area contributed by atoms with Crippen LogP contribution in [-0.2, 0) is 4.79 Å². The standard InChI is InChI=1S/C18H24N4O3/c1-12(20-17(23)18(19)9-4-3-5-10-18)16-21-15(22-25-16)13-7-6-8-14(11-13)24-2/h6-8,11-12H,3-5,9-10,19H2,1-2H3,(H,20,23).